The Morgan fingerprint density at radius 3 is 2.70 bits per heavy atom. The van der Waals surface area contributed by atoms with Crippen molar-refractivity contribution in [2.24, 2.45) is 0 Å². The maximum Gasteiger partial charge on any atom is 0.272 e. The maximum atomic E-state index is 12.3. The number of hydrogen-bond acceptors (Lipinski definition) is 3. The molecule has 3 rings (SSSR count). The molecule has 1 unspecified atom stereocenters. The molecule has 104 valence electrons. The summed E-state index contributed by atoms with van der Waals surface area (Å²) in [5.74, 6) is 0.0251. The number of amides is 1. The van der Waals surface area contributed by atoms with Gasteiger partial charge in [-0.15, -0.1) is 0 Å². The van der Waals surface area contributed by atoms with Crippen LogP contribution in [-0.2, 0) is 4.79 Å². The Kier molecular flexibility index (Phi) is 2.99. The number of para-hydroxylation sites is 1. The Bertz CT molecular complexity index is 688. The number of carbonyl (C=O) groups excluding carboxylic acids is 1. The highest BCUT2D eigenvalue weighted by molar-refractivity contribution is 6.01. The number of fused-ring (bicyclic) bond motifs is 1. The first-order valence-electron chi connectivity index (χ1n) is 6.58. The van der Waals surface area contributed by atoms with Gasteiger partial charge in [0.25, 0.3) is 5.91 Å². The van der Waals surface area contributed by atoms with Gasteiger partial charge < -0.3 is 14.8 Å². The zero-order valence-corrected chi connectivity index (χ0v) is 11.8. The molecule has 0 saturated carbocycles. The van der Waals surface area contributed by atoms with Crippen LogP contribution in [0.5, 0.6) is 0 Å². The fraction of sp³-hybridized carbons (Fsp3) is 0.267. The maximum absolute atomic E-state index is 12.3. The van der Waals surface area contributed by atoms with E-state index in [-0.39, 0.29) is 12.2 Å². The van der Waals surface area contributed by atoms with Crippen LogP contribution < -0.4 is 5.32 Å². The van der Waals surface area contributed by atoms with Crippen molar-refractivity contribution in [2.75, 3.05) is 21.1 Å². The third kappa shape index (κ3) is 1.78. The molecule has 5 heteroatoms. The average Bonchev–Trinajstić information content (AvgIpc) is 2.95. The van der Waals surface area contributed by atoms with Crippen molar-refractivity contribution in [1.29, 1.82) is 0 Å². The van der Waals surface area contributed by atoms with Crippen molar-refractivity contribution in [3.63, 3.8) is 0 Å². The van der Waals surface area contributed by atoms with E-state index in [0.717, 1.165) is 16.5 Å². The highest BCUT2D eigenvalue weighted by Gasteiger charge is 2.36. The molecule has 0 bridgehead atoms. The molecule has 1 aromatic carbocycles. The smallest absolute Gasteiger partial charge is 0.272 e. The Morgan fingerprint density at radius 1 is 1.25 bits per heavy atom. The van der Waals surface area contributed by atoms with E-state index in [1.807, 2.05) is 49.5 Å². The van der Waals surface area contributed by atoms with Crippen LogP contribution in [0.4, 0.5) is 0 Å². The number of likely N-dealkylation sites (N-methyl/N-ethyl adjacent to an activating group) is 2. The predicted octanol–water partition coefficient (Wildman–Crippen LogP) is 1.42. The zero-order chi connectivity index (χ0) is 14.3. The van der Waals surface area contributed by atoms with Crippen LogP contribution in [0, 0.1) is 0 Å². The van der Waals surface area contributed by atoms with Crippen molar-refractivity contribution in [1.82, 2.24) is 20.1 Å². The van der Waals surface area contributed by atoms with Gasteiger partial charge in [-0.2, -0.15) is 0 Å². The molecule has 0 spiro atoms. The van der Waals surface area contributed by atoms with Crippen molar-refractivity contribution in [3.8, 4) is 0 Å². The van der Waals surface area contributed by atoms with Gasteiger partial charge >= 0.3 is 0 Å². The van der Waals surface area contributed by atoms with Crippen LogP contribution >= 0.6 is 0 Å². The number of benzene rings is 1. The van der Waals surface area contributed by atoms with E-state index in [1.165, 1.54) is 0 Å². The minimum absolute atomic E-state index is 0.0251. The fourth-order valence-corrected chi connectivity index (χ4v) is 2.75. The van der Waals surface area contributed by atoms with E-state index < -0.39 is 0 Å². The van der Waals surface area contributed by atoms with Gasteiger partial charge in [-0.25, -0.2) is 0 Å². The topological polar surface area (TPSA) is 51.4 Å². The van der Waals surface area contributed by atoms with E-state index >= 15 is 0 Å². The van der Waals surface area contributed by atoms with Crippen molar-refractivity contribution in [3.05, 3.63) is 41.7 Å². The number of aromatic amines is 1. The number of aromatic nitrogens is 1. The monoisotopic (exact) mass is 270 g/mol. The summed E-state index contributed by atoms with van der Waals surface area (Å²) >= 11 is 0. The van der Waals surface area contributed by atoms with Crippen molar-refractivity contribution in [2.45, 2.75) is 6.29 Å². The summed E-state index contributed by atoms with van der Waals surface area (Å²) in [5, 5.41) is 4.24. The lowest BCUT2D eigenvalue weighted by atomic mass is 10.1. The predicted molar refractivity (Wildman–Crippen MR) is 79.7 cm³/mol. The van der Waals surface area contributed by atoms with Crippen LogP contribution in [0.1, 0.15) is 5.56 Å². The quantitative estimate of drug-likeness (QED) is 0.811. The summed E-state index contributed by atoms with van der Waals surface area (Å²) in [6.45, 7) is 0. The molecule has 1 aliphatic rings. The molecule has 2 N–H and O–H groups in total. The standard InChI is InChI=1S/C15H18N4O/c1-16-15-18(2)13(14(20)19(15)3)8-10-9-17-12-7-5-4-6-11(10)12/h4-9,15-17H,1-3H3. The largest absolute Gasteiger partial charge is 0.361 e. The minimum Gasteiger partial charge on any atom is -0.361 e. The first-order chi connectivity index (χ1) is 9.63. The van der Waals surface area contributed by atoms with Crippen LogP contribution in [0.15, 0.2) is 36.2 Å². The van der Waals surface area contributed by atoms with Gasteiger partial charge in [0.15, 0.2) is 6.29 Å². The molecule has 20 heavy (non-hydrogen) atoms. The normalized spacial score (nSPS) is 21.4. The van der Waals surface area contributed by atoms with Crippen LogP contribution in [-0.4, -0.2) is 48.1 Å². The molecular formula is C15H18N4O. The third-order valence-electron chi connectivity index (χ3n) is 3.82. The van der Waals surface area contributed by atoms with Gasteiger partial charge in [0.2, 0.25) is 0 Å². The highest BCUT2D eigenvalue weighted by atomic mass is 16.2. The highest BCUT2D eigenvalue weighted by Crippen LogP contribution is 2.25. The van der Waals surface area contributed by atoms with E-state index in [0.29, 0.717) is 5.70 Å². The Hall–Kier alpha value is -2.27. The summed E-state index contributed by atoms with van der Waals surface area (Å²) in [7, 11) is 5.57. The Labute approximate surface area is 117 Å². The summed E-state index contributed by atoms with van der Waals surface area (Å²) in [6, 6.07) is 8.07. The molecule has 1 atom stereocenters. The lowest BCUT2D eigenvalue weighted by Crippen LogP contribution is -2.45. The average molecular weight is 270 g/mol. The van der Waals surface area contributed by atoms with E-state index in [2.05, 4.69) is 16.4 Å². The number of carbonyl (C=O) groups is 1. The lowest BCUT2D eigenvalue weighted by molar-refractivity contribution is -0.125. The molecule has 1 amide bonds. The lowest BCUT2D eigenvalue weighted by Gasteiger charge is -2.24. The van der Waals surface area contributed by atoms with Crippen LogP contribution in [0.25, 0.3) is 17.0 Å². The van der Waals surface area contributed by atoms with E-state index in [9.17, 15) is 4.79 Å². The molecule has 0 radical (unpaired) electrons. The van der Waals surface area contributed by atoms with Gasteiger partial charge in [0.1, 0.15) is 5.70 Å². The first kappa shape index (κ1) is 12.7. The van der Waals surface area contributed by atoms with Crippen LogP contribution in [0.3, 0.4) is 0 Å². The Balaban J connectivity index is 2.06. The third-order valence-corrected chi connectivity index (χ3v) is 3.82. The number of nitrogens with zero attached hydrogens (tertiary/aromatic N) is 2. The molecule has 0 aliphatic carbocycles. The van der Waals surface area contributed by atoms with Crippen molar-refractivity contribution < 1.29 is 4.79 Å². The molecule has 1 fully saturated rings. The second-order valence-electron chi connectivity index (χ2n) is 5.01. The van der Waals surface area contributed by atoms with Crippen molar-refractivity contribution >= 4 is 22.9 Å². The molecule has 1 saturated heterocycles. The molecule has 2 aromatic rings. The first-order valence-corrected chi connectivity index (χ1v) is 6.58. The van der Waals surface area contributed by atoms with Crippen LogP contribution in [0.2, 0.25) is 0 Å². The number of hydrogen-bond donors (Lipinski definition) is 2. The SMILES string of the molecule is CNC1N(C)C(=O)C(=Cc2c[nH]c3ccccc23)N1C. The molecule has 5 nitrogen and oxygen atoms in total. The van der Waals surface area contributed by atoms with Gasteiger partial charge in [-0.05, 0) is 19.2 Å². The number of rotatable bonds is 2. The number of H-pyrrole nitrogens is 1. The van der Waals surface area contributed by atoms with Gasteiger partial charge in [-0.3, -0.25) is 10.1 Å². The molecule has 1 aliphatic heterocycles. The van der Waals surface area contributed by atoms with Gasteiger partial charge in [0, 0.05) is 36.8 Å². The van der Waals surface area contributed by atoms with Gasteiger partial charge in [0.05, 0.1) is 0 Å². The molecule has 2 heterocycles. The second kappa shape index (κ2) is 4.68. The van der Waals surface area contributed by atoms with E-state index in [1.54, 1.807) is 11.9 Å². The molecule has 1 aromatic heterocycles. The second-order valence-corrected chi connectivity index (χ2v) is 5.01. The summed E-state index contributed by atoms with van der Waals surface area (Å²) in [5.41, 5.74) is 2.79. The fourth-order valence-electron chi connectivity index (χ4n) is 2.75. The molecular weight excluding hydrogens is 252 g/mol. The Morgan fingerprint density at radius 2 is 2.00 bits per heavy atom. The summed E-state index contributed by atoms with van der Waals surface area (Å²) in [6.07, 6.45) is 3.78. The zero-order valence-electron chi connectivity index (χ0n) is 11.8. The van der Waals surface area contributed by atoms with Gasteiger partial charge in [-0.1, -0.05) is 18.2 Å². The summed E-state index contributed by atoms with van der Waals surface area (Å²) < 4.78 is 0. The van der Waals surface area contributed by atoms with E-state index in [4.69, 9.17) is 0 Å². The minimum atomic E-state index is -0.0982. The number of nitrogens with one attached hydrogen (secondary N) is 2. The summed E-state index contributed by atoms with van der Waals surface area (Å²) in [4.78, 5) is 19.2.